The van der Waals surface area contributed by atoms with E-state index >= 15 is 0 Å². The van der Waals surface area contributed by atoms with Crippen LogP contribution in [0, 0.1) is 20.2 Å². The fraction of sp³-hybridized carbons (Fsp3) is 0.750. The summed E-state index contributed by atoms with van der Waals surface area (Å²) < 4.78 is 0. The summed E-state index contributed by atoms with van der Waals surface area (Å²) in [6, 6.07) is 0. The third kappa shape index (κ3) is 1.87. The second-order valence-electron chi connectivity index (χ2n) is 2.33. The molecule has 0 fully saturated rings. The Labute approximate surface area is 66.1 Å². The van der Waals surface area contributed by atoms with E-state index in [1.165, 1.54) is 0 Å². The second kappa shape index (κ2) is 3.11. The van der Waals surface area contributed by atoms with E-state index in [2.05, 4.69) is 0 Å². The van der Waals surface area contributed by atoms with Crippen molar-refractivity contribution in [3.63, 3.8) is 0 Å². The Morgan fingerprint density at radius 2 is 1.92 bits per heavy atom. The number of nitro groups is 2. The number of carbonyl (C=O) groups is 1. The Morgan fingerprint density at radius 1 is 1.50 bits per heavy atom. The Hall–Kier alpha value is -1.73. The molecule has 68 valence electrons. The van der Waals surface area contributed by atoms with E-state index < -0.39 is 27.9 Å². The van der Waals surface area contributed by atoms with Gasteiger partial charge in [0.2, 0.25) is 0 Å². The lowest BCUT2D eigenvalue weighted by atomic mass is 10.1. The molecule has 12 heavy (non-hydrogen) atoms. The first-order valence-electron chi connectivity index (χ1n) is 2.80. The van der Waals surface area contributed by atoms with Gasteiger partial charge >= 0.3 is 11.5 Å². The molecule has 0 aromatic rings. The van der Waals surface area contributed by atoms with E-state index in [1.807, 2.05) is 0 Å². The zero-order valence-electron chi connectivity index (χ0n) is 6.09. The first-order chi connectivity index (χ1) is 5.30. The van der Waals surface area contributed by atoms with Crippen LogP contribution >= 0.6 is 0 Å². The fourth-order valence-electron chi connectivity index (χ4n) is 0.455. The third-order valence-corrected chi connectivity index (χ3v) is 1.30. The van der Waals surface area contributed by atoms with Gasteiger partial charge in [-0.3, -0.25) is 20.2 Å². The van der Waals surface area contributed by atoms with Gasteiger partial charge in [-0.05, 0) is 0 Å². The normalized spacial score (nSPS) is 14.8. The summed E-state index contributed by atoms with van der Waals surface area (Å²) in [7, 11) is 0. The molecule has 0 rings (SSSR count). The number of nitrogens with zero attached hydrogens (tertiary/aromatic N) is 2. The lowest BCUT2D eigenvalue weighted by Crippen LogP contribution is -2.49. The number of hydrogen-bond donors (Lipinski definition) is 1. The summed E-state index contributed by atoms with van der Waals surface area (Å²) in [4.78, 5) is 28.0. The maximum absolute atomic E-state index is 10.3. The number of carboxylic acid groups (broad SMARTS) is 1. The van der Waals surface area contributed by atoms with Crippen LogP contribution in [0.15, 0.2) is 0 Å². The molecule has 0 heterocycles. The molecule has 1 unspecified atom stereocenters. The highest BCUT2D eigenvalue weighted by Gasteiger charge is 2.51. The molecule has 0 aliphatic rings. The van der Waals surface area contributed by atoms with Gasteiger partial charge in [0.1, 0.15) is 0 Å². The Bertz CT molecular complexity index is 222. The topological polar surface area (TPSA) is 124 Å². The average molecular weight is 178 g/mol. The first kappa shape index (κ1) is 10.3. The summed E-state index contributed by atoms with van der Waals surface area (Å²) in [5.74, 6) is -1.82. The summed E-state index contributed by atoms with van der Waals surface area (Å²) in [6.45, 7) is -0.534. The van der Waals surface area contributed by atoms with Crippen molar-refractivity contribution in [2.75, 3.05) is 6.54 Å². The van der Waals surface area contributed by atoms with Crippen LogP contribution in [0.1, 0.15) is 6.92 Å². The lowest BCUT2D eigenvalue weighted by molar-refractivity contribution is -0.609. The zero-order chi connectivity index (χ0) is 9.94. The highest BCUT2D eigenvalue weighted by Crippen LogP contribution is 2.09. The predicted octanol–water partition coefficient (Wildman–Crippen LogP) is -0.617. The van der Waals surface area contributed by atoms with Crippen molar-refractivity contribution in [3.05, 3.63) is 20.2 Å². The molecule has 8 nitrogen and oxygen atoms in total. The Morgan fingerprint density at radius 3 is 2.00 bits per heavy atom. The number of aliphatic carboxylic acids is 1. The van der Waals surface area contributed by atoms with Crippen LogP contribution in [0.2, 0.25) is 0 Å². The van der Waals surface area contributed by atoms with Crippen molar-refractivity contribution >= 4 is 5.97 Å². The fourth-order valence-corrected chi connectivity index (χ4v) is 0.455. The van der Waals surface area contributed by atoms with Crippen LogP contribution in [-0.4, -0.2) is 33.0 Å². The minimum Gasteiger partial charge on any atom is -0.476 e. The largest absolute Gasteiger partial charge is 0.476 e. The van der Waals surface area contributed by atoms with Crippen molar-refractivity contribution in [1.82, 2.24) is 0 Å². The molecule has 0 aliphatic carbocycles. The van der Waals surface area contributed by atoms with E-state index in [0.717, 1.165) is 0 Å². The zero-order valence-corrected chi connectivity index (χ0v) is 6.09. The SMILES string of the molecule is CC(C[N+](=O)[O-])(C(=O)O)[N+](=O)[O-]. The van der Waals surface area contributed by atoms with Gasteiger partial charge < -0.3 is 5.11 Å². The van der Waals surface area contributed by atoms with E-state index in [4.69, 9.17) is 5.11 Å². The van der Waals surface area contributed by atoms with Crippen LogP contribution in [0.4, 0.5) is 0 Å². The van der Waals surface area contributed by atoms with Crippen molar-refractivity contribution in [2.45, 2.75) is 12.5 Å². The molecule has 1 atom stereocenters. The number of hydrogen-bond acceptors (Lipinski definition) is 5. The van der Waals surface area contributed by atoms with Gasteiger partial charge in [0.05, 0.1) is 0 Å². The van der Waals surface area contributed by atoms with Crippen molar-refractivity contribution in [2.24, 2.45) is 0 Å². The van der Waals surface area contributed by atoms with Gasteiger partial charge in [-0.1, -0.05) is 0 Å². The number of rotatable bonds is 4. The minimum atomic E-state index is -2.54. The summed E-state index contributed by atoms with van der Waals surface area (Å²) >= 11 is 0. The minimum absolute atomic E-state index is 0.693. The maximum Gasteiger partial charge on any atom is 0.389 e. The summed E-state index contributed by atoms with van der Waals surface area (Å²) in [6.07, 6.45) is 0. The molecule has 0 radical (unpaired) electrons. The van der Waals surface area contributed by atoms with Crippen molar-refractivity contribution in [3.8, 4) is 0 Å². The van der Waals surface area contributed by atoms with Gasteiger partial charge in [0.15, 0.2) is 0 Å². The molecule has 0 bridgehead atoms. The Kier molecular flexibility index (Phi) is 2.66. The first-order valence-corrected chi connectivity index (χ1v) is 2.80. The van der Waals surface area contributed by atoms with Crippen molar-refractivity contribution < 1.29 is 19.7 Å². The molecule has 0 saturated heterocycles. The van der Waals surface area contributed by atoms with Gasteiger partial charge in [-0.15, -0.1) is 0 Å². The molecule has 0 aromatic heterocycles. The highest BCUT2D eigenvalue weighted by molar-refractivity contribution is 5.76. The molecular formula is C4H6N2O6. The van der Waals surface area contributed by atoms with E-state index in [-0.39, 0.29) is 0 Å². The van der Waals surface area contributed by atoms with E-state index in [9.17, 15) is 25.0 Å². The predicted molar refractivity (Wildman–Crippen MR) is 34.9 cm³/mol. The van der Waals surface area contributed by atoms with Crippen LogP contribution in [0.25, 0.3) is 0 Å². The molecule has 0 amide bonds. The molecule has 0 aromatic carbocycles. The van der Waals surface area contributed by atoms with E-state index in [1.54, 1.807) is 0 Å². The van der Waals surface area contributed by atoms with Gasteiger partial charge in [0, 0.05) is 16.8 Å². The Balaban J connectivity index is 4.75. The molecule has 0 aliphatic heterocycles. The smallest absolute Gasteiger partial charge is 0.389 e. The van der Waals surface area contributed by atoms with Gasteiger partial charge in [-0.2, -0.15) is 0 Å². The lowest BCUT2D eigenvalue weighted by Gasteiger charge is -2.10. The molecule has 8 heteroatoms. The summed E-state index contributed by atoms with van der Waals surface area (Å²) in [5, 5.41) is 28.3. The van der Waals surface area contributed by atoms with Gasteiger partial charge in [-0.25, -0.2) is 4.79 Å². The monoisotopic (exact) mass is 178 g/mol. The maximum atomic E-state index is 10.3. The van der Waals surface area contributed by atoms with Crippen LogP contribution in [0.3, 0.4) is 0 Å². The average Bonchev–Trinajstić information content (AvgIpc) is 1.84. The molecular weight excluding hydrogens is 172 g/mol. The number of carboxylic acids is 1. The third-order valence-electron chi connectivity index (χ3n) is 1.30. The molecule has 0 saturated carbocycles. The van der Waals surface area contributed by atoms with Crippen LogP contribution < -0.4 is 0 Å². The molecule has 1 N–H and O–H groups in total. The standard InChI is InChI=1S/C4H6N2O6/c1-4(3(7)8,6(11)12)2-5(9)10/h2H2,1H3,(H,7,8). The van der Waals surface area contributed by atoms with Crippen LogP contribution in [-0.2, 0) is 4.79 Å². The van der Waals surface area contributed by atoms with E-state index in [0.29, 0.717) is 6.92 Å². The second-order valence-corrected chi connectivity index (χ2v) is 2.33. The summed E-state index contributed by atoms with van der Waals surface area (Å²) in [5.41, 5.74) is -2.54. The van der Waals surface area contributed by atoms with Crippen molar-refractivity contribution in [1.29, 1.82) is 0 Å². The van der Waals surface area contributed by atoms with Crippen LogP contribution in [0.5, 0.6) is 0 Å². The highest BCUT2D eigenvalue weighted by atomic mass is 16.6. The van der Waals surface area contributed by atoms with Gasteiger partial charge in [0.25, 0.3) is 6.54 Å². The quantitative estimate of drug-likeness (QED) is 0.452. The molecule has 0 spiro atoms.